The van der Waals surface area contributed by atoms with Crippen molar-refractivity contribution >= 4 is 28.6 Å². The van der Waals surface area contributed by atoms with Gasteiger partial charge < -0.3 is 15.2 Å². The quantitative estimate of drug-likeness (QED) is 0.727. The van der Waals surface area contributed by atoms with Crippen LogP contribution in [0.1, 0.15) is 17.7 Å². The van der Waals surface area contributed by atoms with Gasteiger partial charge in [-0.1, -0.05) is 11.6 Å². The van der Waals surface area contributed by atoms with E-state index < -0.39 is 12.0 Å². The third kappa shape index (κ3) is 3.39. The number of benzene rings is 1. The predicted octanol–water partition coefficient (Wildman–Crippen LogP) is 3.18. The summed E-state index contributed by atoms with van der Waals surface area (Å²) in [6.45, 7) is 0.517. The van der Waals surface area contributed by atoms with Crippen molar-refractivity contribution in [3.05, 3.63) is 52.8 Å². The number of alkyl halides is 2. The summed E-state index contributed by atoms with van der Waals surface area (Å²) < 4.78 is 29.6. The molecule has 4 rings (SSSR count). The molecule has 0 aliphatic carbocycles. The Hall–Kier alpha value is -2.76. The summed E-state index contributed by atoms with van der Waals surface area (Å²) in [7, 11) is 0. The fourth-order valence-electron chi connectivity index (χ4n) is 3.34. The second-order valence-corrected chi connectivity index (χ2v) is 7.28. The van der Waals surface area contributed by atoms with E-state index >= 15 is 0 Å². The van der Waals surface area contributed by atoms with E-state index in [9.17, 15) is 8.78 Å². The average Bonchev–Trinajstić information content (AvgIpc) is 3.02. The highest BCUT2D eigenvalue weighted by atomic mass is 35.5. The van der Waals surface area contributed by atoms with Gasteiger partial charge in [-0.3, -0.25) is 4.98 Å². The smallest absolute Gasteiger partial charge is 0.266 e. The van der Waals surface area contributed by atoms with Crippen LogP contribution < -0.4 is 10.6 Å². The van der Waals surface area contributed by atoms with Gasteiger partial charge in [0.15, 0.2) is 0 Å². The predicted molar refractivity (Wildman–Crippen MR) is 103 cm³/mol. The van der Waals surface area contributed by atoms with Crippen LogP contribution >= 0.6 is 11.6 Å². The number of aromatic nitrogens is 3. The molecule has 6 nitrogen and oxygen atoms in total. The fourth-order valence-corrected chi connectivity index (χ4v) is 3.51. The highest BCUT2D eigenvalue weighted by Gasteiger charge is 2.42. The highest BCUT2D eigenvalue weighted by molar-refractivity contribution is 6.31. The second kappa shape index (κ2) is 7.00. The molecule has 3 aromatic rings. The Morgan fingerprint density at radius 3 is 2.82 bits per heavy atom. The Morgan fingerprint density at radius 1 is 1.32 bits per heavy atom. The number of hydrogen-bond acceptors (Lipinski definition) is 5. The molecule has 0 spiro atoms. The molecule has 2 N–H and O–H groups in total. The van der Waals surface area contributed by atoms with E-state index in [0.717, 1.165) is 5.52 Å². The SMILES string of the molecule is N#Cc1ccc(Cn2c(N3CCC(F)(F)[C@H](N)C3)nc3ccc(Cl)cc32)nc1. The topological polar surface area (TPSA) is 83.8 Å². The molecule has 0 saturated carbocycles. The lowest BCUT2D eigenvalue weighted by atomic mass is 10.0. The molecular weight excluding hydrogens is 386 g/mol. The van der Waals surface area contributed by atoms with Gasteiger partial charge in [0.05, 0.1) is 34.9 Å². The summed E-state index contributed by atoms with van der Waals surface area (Å²) in [4.78, 5) is 10.7. The van der Waals surface area contributed by atoms with Crippen molar-refractivity contribution in [3.63, 3.8) is 0 Å². The molecule has 3 heterocycles. The summed E-state index contributed by atoms with van der Waals surface area (Å²) >= 11 is 6.16. The number of anilines is 1. The molecule has 9 heteroatoms. The number of halogens is 3. The van der Waals surface area contributed by atoms with Crippen LogP contribution in [-0.4, -0.2) is 39.6 Å². The molecule has 1 aliphatic heterocycles. The monoisotopic (exact) mass is 402 g/mol. The molecule has 1 fully saturated rings. The Kier molecular flexibility index (Phi) is 4.65. The lowest BCUT2D eigenvalue weighted by Crippen LogP contribution is -2.55. The number of fused-ring (bicyclic) bond motifs is 1. The standard InChI is InChI=1S/C19H17ClF2N6/c20-13-2-4-15-16(7-13)28(10-14-3-1-12(8-23)9-25-14)18(26-15)27-6-5-19(21,22)17(24)11-27/h1-4,7,9,17H,5-6,10-11,24H2/t17-/m1/s1. The molecule has 1 saturated heterocycles. The molecule has 1 aliphatic rings. The van der Waals surface area contributed by atoms with Crippen LogP contribution in [0.4, 0.5) is 14.7 Å². The van der Waals surface area contributed by atoms with Crippen molar-refractivity contribution < 1.29 is 8.78 Å². The van der Waals surface area contributed by atoms with Gasteiger partial charge in [-0.15, -0.1) is 0 Å². The van der Waals surface area contributed by atoms with Gasteiger partial charge in [0.25, 0.3) is 5.92 Å². The minimum atomic E-state index is -2.88. The molecule has 1 atom stereocenters. The molecular formula is C19H17ClF2N6. The van der Waals surface area contributed by atoms with Gasteiger partial charge in [0.1, 0.15) is 6.07 Å². The van der Waals surface area contributed by atoms with Crippen LogP contribution in [0, 0.1) is 11.3 Å². The number of pyridine rings is 1. The number of nitrogens with zero attached hydrogens (tertiary/aromatic N) is 5. The second-order valence-electron chi connectivity index (χ2n) is 6.84. The molecule has 28 heavy (non-hydrogen) atoms. The maximum absolute atomic E-state index is 13.8. The number of imidazole rings is 1. The zero-order chi connectivity index (χ0) is 19.9. The molecule has 2 aromatic heterocycles. The number of nitrogens with two attached hydrogens (primary N) is 1. The first-order valence-corrected chi connectivity index (χ1v) is 9.14. The summed E-state index contributed by atoms with van der Waals surface area (Å²) in [6.07, 6.45) is 1.17. The molecule has 0 bridgehead atoms. The molecule has 144 valence electrons. The van der Waals surface area contributed by atoms with E-state index in [-0.39, 0.29) is 19.5 Å². The van der Waals surface area contributed by atoms with Crippen LogP contribution in [0.3, 0.4) is 0 Å². The minimum Gasteiger partial charge on any atom is -0.340 e. The largest absolute Gasteiger partial charge is 0.340 e. The normalized spacial score (nSPS) is 19.0. The zero-order valence-electron chi connectivity index (χ0n) is 14.8. The Labute approximate surface area is 165 Å². The van der Waals surface area contributed by atoms with E-state index in [1.165, 1.54) is 6.20 Å². The summed E-state index contributed by atoms with van der Waals surface area (Å²) in [6, 6.07) is 9.54. The van der Waals surface area contributed by atoms with Gasteiger partial charge in [-0.05, 0) is 30.3 Å². The lowest BCUT2D eigenvalue weighted by molar-refractivity contribution is -0.0395. The first-order chi connectivity index (χ1) is 13.4. The van der Waals surface area contributed by atoms with Crippen molar-refractivity contribution in [3.8, 4) is 6.07 Å². The summed E-state index contributed by atoms with van der Waals surface area (Å²) in [5.41, 5.74) is 8.36. The maximum atomic E-state index is 13.8. The van der Waals surface area contributed by atoms with Gasteiger partial charge in [-0.2, -0.15) is 5.26 Å². The van der Waals surface area contributed by atoms with E-state index in [2.05, 4.69) is 9.97 Å². The lowest BCUT2D eigenvalue weighted by Gasteiger charge is -2.37. The first-order valence-electron chi connectivity index (χ1n) is 8.76. The number of hydrogen-bond donors (Lipinski definition) is 1. The van der Waals surface area contributed by atoms with Crippen LogP contribution in [0.15, 0.2) is 36.5 Å². The van der Waals surface area contributed by atoms with Crippen molar-refractivity contribution in [2.24, 2.45) is 5.73 Å². The Bertz CT molecular complexity index is 1060. The fraction of sp³-hybridized carbons (Fsp3) is 0.316. The minimum absolute atomic E-state index is 0.00481. The van der Waals surface area contributed by atoms with E-state index in [4.69, 9.17) is 22.6 Å². The third-order valence-electron chi connectivity index (χ3n) is 4.92. The first kappa shape index (κ1) is 18.6. The van der Waals surface area contributed by atoms with Gasteiger partial charge in [0.2, 0.25) is 5.95 Å². The van der Waals surface area contributed by atoms with Crippen LogP contribution in [0.2, 0.25) is 5.02 Å². The van der Waals surface area contributed by atoms with Crippen molar-refractivity contribution in [2.45, 2.75) is 24.9 Å². The van der Waals surface area contributed by atoms with E-state index in [1.807, 2.05) is 10.6 Å². The average molecular weight is 403 g/mol. The Morgan fingerprint density at radius 2 is 2.14 bits per heavy atom. The van der Waals surface area contributed by atoms with Gasteiger partial charge >= 0.3 is 0 Å². The van der Waals surface area contributed by atoms with E-state index in [0.29, 0.717) is 34.3 Å². The molecule has 0 amide bonds. The number of nitriles is 1. The number of piperidine rings is 1. The molecule has 1 aromatic carbocycles. The third-order valence-corrected chi connectivity index (χ3v) is 5.16. The highest BCUT2D eigenvalue weighted by Crippen LogP contribution is 2.32. The van der Waals surface area contributed by atoms with Crippen molar-refractivity contribution in [1.29, 1.82) is 5.26 Å². The van der Waals surface area contributed by atoms with Crippen LogP contribution in [0.25, 0.3) is 11.0 Å². The van der Waals surface area contributed by atoms with Crippen molar-refractivity contribution in [1.82, 2.24) is 14.5 Å². The Balaban J connectivity index is 1.75. The maximum Gasteiger partial charge on any atom is 0.266 e. The van der Waals surface area contributed by atoms with Crippen molar-refractivity contribution in [2.75, 3.05) is 18.0 Å². The van der Waals surface area contributed by atoms with Gasteiger partial charge in [0, 0.05) is 30.7 Å². The van der Waals surface area contributed by atoms with E-state index in [1.54, 1.807) is 35.2 Å². The molecule has 0 unspecified atom stereocenters. The molecule has 0 radical (unpaired) electrons. The van der Waals surface area contributed by atoms with Gasteiger partial charge in [-0.25, -0.2) is 13.8 Å². The van der Waals surface area contributed by atoms with Crippen LogP contribution in [-0.2, 0) is 6.54 Å². The summed E-state index contributed by atoms with van der Waals surface area (Å²) in [5.74, 6) is -2.33. The zero-order valence-corrected chi connectivity index (χ0v) is 15.6. The summed E-state index contributed by atoms with van der Waals surface area (Å²) in [5, 5.41) is 9.49. The number of rotatable bonds is 3. The van der Waals surface area contributed by atoms with Crippen LogP contribution in [0.5, 0.6) is 0 Å².